The van der Waals surface area contributed by atoms with Gasteiger partial charge in [-0.3, -0.25) is 4.79 Å². The molecule has 0 saturated heterocycles. The average Bonchev–Trinajstić information content (AvgIpc) is 3.18. The molecular formula is C14H13N5OS. The van der Waals surface area contributed by atoms with Crippen LogP contribution in [0.1, 0.15) is 36.2 Å². The van der Waals surface area contributed by atoms with E-state index < -0.39 is 5.54 Å². The number of hydrogen-bond donors (Lipinski definition) is 1. The van der Waals surface area contributed by atoms with Gasteiger partial charge in [-0.15, -0.1) is 11.3 Å². The molecule has 6 nitrogen and oxygen atoms in total. The van der Waals surface area contributed by atoms with Crippen LogP contribution in [-0.4, -0.2) is 26.4 Å². The molecule has 1 saturated carbocycles. The summed E-state index contributed by atoms with van der Waals surface area (Å²) >= 11 is 1.32. The minimum Gasteiger partial charge on any atom is -0.332 e. The summed E-state index contributed by atoms with van der Waals surface area (Å²) in [4.78, 5) is 24.7. The molecule has 1 fully saturated rings. The first-order valence-corrected chi connectivity index (χ1v) is 7.57. The van der Waals surface area contributed by atoms with E-state index in [9.17, 15) is 10.1 Å². The van der Waals surface area contributed by atoms with Crippen molar-refractivity contribution in [3.63, 3.8) is 0 Å². The van der Waals surface area contributed by atoms with Crippen molar-refractivity contribution >= 4 is 17.2 Å². The number of rotatable bonds is 3. The average molecular weight is 299 g/mol. The Bertz CT molecular complexity index is 685. The molecule has 1 aliphatic rings. The summed E-state index contributed by atoms with van der Waals surface area (Å²) in [6.45, 7) is 0. The molecule has 0 unspecified atom stereocenters. The highest BCUT2D eigenvalue weighted by atomic mass is 32.1. The number of hydrogen-bond acceptors (Lipinski definition) is 6. The molecule has 1 aliphatic carbocycles. The largest absolute Gasteiger partial charge is 0.332 e. The second-order valence-electron chi connectivity index (χ2n) is 4.97. The summed E-state index contributed by atoms with van der Waals surface area (Å²) in [5.41, 5.74) is -0.423. The fourth-order valence-corrected chi connectivity index (χ4v) is 3.16. The van der Waals surface area contributed by atoms with E-state index in [1.165, 1.54) is 11.3 Å². The quantitative estimate of drug-likeness (QED) is 0.937. The molecule has 0 bridgehead atoms. The summed E-state index contributed by atoms with van der Waals surface area (Å²) in [6.07, 6.45) is 6.60. The van der Waals surface area contributed by atoms with E-state index in [-0.39, 0.29) is 5.91 Å². The molecule has 0 atom stereocenters. The second-order valence-corrected chi connectivity index (χ2v) is 5.82. The first-order valence-electron chi connectivity index (χ1n) is 6.69. The van der Waals surface area contributed by atoms with Gasteiger partial charge in [0.1, 0.15) is 11.2 Å². The highest BCUT2D eigenvalue weighted by Crippen LogP contribution is 2.29. The van der Waals surface area contributed by atoms with Crippen molar-refractivity contribution in [1.29, 1.82) is 5.26 Å². The summed E-state index contributed by atoms with van der Waals surface area (Å²) < 4.78 is 0. The van der Waals surface area contributed by atoms with Crippen LogP contribution in [-0.2, 0) is 0 Å². The molecule has 0 radical (unpaired) electrons. The molecule has 0 aliphatic heterocycles. The molecule has 7 heteroatoms. The fraction of sp³-hybridized carbons (Fsp3) is 0.357. The summed E-state index contributed by atoms with van der Waals surface area (Å²) in [5, 5.41) is 14.4. The molecule has 21 heavy (non-hydrogen) atoms. The van der Waals surface area contributed by atoms with Gasteiger partial charge in [0.2, 0.25) is 0 Å². The molecule has 3 rings (SSSR count). The van der Waals surface area contributed by atoms with Crippen LogP contribution >= 0.6 is 11.3 Å². The first kappa shape index (κ1) is 13.6. The van der Waals surface area contributed by atoms with Crippen LogP contribution in [0.15, 0.2) is 23.8 Å². The predicted octanol–water partition coefficient (Wildman–Crippen LogP) is 2.17. The first-order chi connectivity index (χ1) is 10.2. The van der Waals surface area contributed by atoms with E-state index in [0.717, 1.165) is 12.8 Å². The SMILES string of the molecule is N#CC1(NC(=O)c2csc(-c3ncccn3)n2)CCCC1. The monoisotopic (exact) mass is 299 g/mol. The molecule has 2 aromatic rings. The van der Waals surface area contributed by atoms with Gasteiger partial charge in [0.05, 0.1) is 6.07 Å². The number of carbonyl (C=O) groups is 1. The molecule has 2 aromatic heterocycles. The van der Waals surface area contributed by atoms with Crippen molar-refractivity contribution in [3.05, 3.63) is 29.5 Å². The zero-order chi connectivity index (χ0) is 14.7. The van der Waals surface area contributed by atoms with E-state index in [1.807, 2.05) is 0 Å². The lowest BCUT2D eigenvalue weighted by Crippen LogP contribution is -2.45. The minimum absolute atomic E-state index is 0.308. The number of nitriles is 1. The summed E-state index contributed by atoms with van der Waals surface area (Å²) in [7, 11) is 0. The number of nitrogens with zero attached hydrogens (tertiary/aromatic N) is 4. The van der Waals surface area contributed by atoms with Crippen LogP contribution in [0.25, 0.3) is 10.8 Å². The maximum absolute atomic E-state index is 12.3. The van der Waals surface area contributed by atoms with Crippen LogP contribution < -0.4 is 5.32 Å². The van der Waals surface area contributed by atoms with Gasteiger partial charge in [-0.05, 0) is 31.7 Å². The smallest absolute Gasteiger partial charge is 0.272 e. The van der Waals surface area contributed by atoms with E-state index in [1.54, 1.807) is 23.8 Å². The van der Waals surface area contributed by atoms with Gasteiger partial charge in [0.15, 0.2) is 10.8 Å². The van der Waals surface area contributed by atoms with Crippen LogP contribution in [0.2, 0.25) is 0 Å². The second kappa shape index (κ2) is 5.58. The topological polar surface area (TPSA) is 91.6 Å². The Morgan fingerprint density at radius 2 is 2.05 bits per heavy atom. The van der Waals surface area contributed by atoms with Crippen molar-refractivity contribution in [2.24, 2.45) is 0 Å². The predicted molar refractivity (Wildman–Crippen MR) is 77.4 cm³/mol. The van der Waals surface area contributed by atoms with Gasteiger partial charge in [-0.25, -0.2) is 15.0 Å². The van der Waals surface area contributed by atoms with Gasteiger partial charge in [-0.2, -0.15) is 5.26 Å². The van der Waals surface area contributed by atoms with E-state index in [0.29, 0.717) is 29.4 Å². The van der Waals surface area contributed by atoms with Crippen molar-refractivity contribution in [2.75, 3.05) is 0 Å². The Kier molecular flexibility index (Phi) is 3.62. The fourth-order valence-electron chi connectivity index (χ4n) is 2.41. The Hall–Kier alpha value is -2.33. The van der Waals surface area contributed by atoms with Crippen molar-refractivity contribution in [1.82, 2.24) is 20.3 Å². The molecule has 1 N–H and O–H groups in total. The Balaban J connectivity index is 1.77. The van der Waals surface area contributed by atoms with Gasteiger partial charge >= 0.3 is 0 Å². The van der Waals surface area contributed by atoms with Crippen LogP contribution in [0, 0.1) is 11.3 Å². The van der Waals surface area contributed by atoms with Gasteiger partial charge in [0.25, 0.3) is 5.91 Å². The van der Waals surface area contributed by atoms with Crippen LogP contribution in [0.3, 0.4) is 0 Å². The lowest BCUT2D eigenvalue weighted by atomic mass is 10.00. The molecular weight excluding hydrogens is 286 g/mol. The van der Waals surface area contributed by atoms with Crippen molar-refractivity contribution in [2.45, 2.75) is 31.2 Å². The van der Waals surface area contributed by atoms with E-state index >= 15 is 0 Å². The van der Waals surface area contributed by atoms with Gasteiger partial charge in [0, 0.05) is 17.8 Å². The Morgan fingerprint density at radius 3 is 2.71 bits per heavy atom. The molecule has 0 aromatic carbocycles. The zero-order valence-corrected chi connectivity index (χ0v) is 12.1. The molecule has 106 valence electrons. The van der Waals surface area contributed by atoms with Gasteiger partial charge in [-0.1, -0.05) is 0 Å². The third-order valence-corrected chi connectivity index (χ3v) is 4.36. The van der Waals surface area contributed by atoms with E-state index in [2.05, 4.69) is 26.3 Å². The van der Waals surface area contributed by atoms with Crippen LogP contribution in [0.4, 0.5) is 0 Å². The Morgan fingerprint density at radius 1 is 1.33 bits per heavy atom. The number of carbonyl (C=O) groups excluding carboxylic acids is 1. The number of amides is 1. The number of nitrogens with one attached hydrogen (secondary N) is 1. The maximum Gasteiger partial charge on any atom is 0.272 e. The molecule has 1 amide bonds. The van der Waals surface area contributed by atoms with Crippen LogP contribution in [0.5, 0.6) is 0 Å². The van der Waals surface area contributed by atoms with E-state index in [4.69, 9.17) is 0 Å². The zero-order valence-electron chi connectivity index (χ0n) is 11.2. The maximum atomic E-state index is 12.3. The lowest BCUT2D eigenvalue weighted by Gasteiger charge is -2.21. The van der Waals surface area contributed by atoms with Gasteiger partial charge < -0.3 is 5.32 Å². The number of aromatic nitrogens is 3. The minimum atomic E-state index is -0.732. The highest BCUT2D eigenvalue weighted by Gasteiger charge is 2.36. The molecule has 2 heterocycles. The van der Waals surface area contributed by atoms with Crippen molar-refractivity contribution in [3.8, 4) is 16.9 Å². The van der Waals surface area contributed by atoms with Crippen molar-refractivity contribution < 1.29 is 4.79 Å². The lowest BCUT2D eigenvalue weighted by molar-refractivity contribution is 0.0916. The Labute approximate surface area is 125 Å². The third-order valence-electron chi connectivity index (χ3n) is 3.52. The highest BCUT2D eigenvalue weighted by molar-refractivity contribution is 7.13. The number of thiazole rings is 1. The molecule has 0 spiro atoms. The normalized spacial score (nSPS) is 16.3. The standard InChI is InChI=1S/C14H13N5OS/c15-9-14(4-1-2-5-14)19-12(20)10-8-21-13(18-10)11-16-6-3-7-17-11/h3,6-8H,1-2,4-5H2,(H,19,20). The summed E-state index contributed by atoms with van der Waals surface area (Å²) in [5.74, 6) is 0.189. The third kappa shape index (κ3) is 2.76. The summed E-state index contributed by atoms with van der Waals surface area (Å²) in [6, 6.07) is 3.96.